The molecule has 116 valence electrons. The van der Waals surface area contributed by atoms with E-state index in [1.165, 1.54) is 70.0 Å². The Morgan fingerprint density at radius 1 is 1.00 bits per heavy atom. The number of hydrogen-bond donors (Lipinski definition) is 2. The summed E-state index contributed by atoms with van der Waals surface area (Å²) in [5.74, 6) is 0.873. The van der Waals surface area contributed by atoms with Crippen LogP contribution in [0.4, 0.5) is 0 Å². The predicted octanol–water partition coefficient (Wildman–Crippen LogP) is 3.52. The molecule has 1 aromatic carbocycles. The molecule has 0 aromatic heterocycles. The van der Waals surface area contributed by atoms with Gasteiger partial charge in [0.2, 0.25) is 0 Å². The van der Waals surface area contributed by atoms with Crippen molar-refractivity contribution >= 4 is 0 Å². The highest BCUT2D eigenvalue weighted by molar-refractivity contribution is 5.14. The number of nitrogens with one attached hydrogen (secondary N) is 2. The zero-order chi connectivity index (χ0) is 14.3. The van der Waals surface area contributed by atoms with Crippen LogP contribution in [-0.2, 0) is 6.42 Å². The van der Waals surface area contributed by atoms with Crippen LogP contribution in [-0.4, -0.2) is 25.2 Å². The van der Waals surface area contributed by atoms with Gasteiger partial charge in [0.15, 0.2) is 0 Å². The average molecular weight is 286 g/mol. The standard InChI is InChI=1S/C19H30N2/c1-2-8-16(9-3-1)10-6-14-20-18-12-5-4-11-17(18)19-13-7-15-21-19/h1-3,8-9,17-21H,4-7,10-15H2. The van der Waals surface area contributed by atoms with Gasteiger partial charge in [-0.1, -0.05) is 43.2 Å². The van der Waals surface area contributed by atoms with Crippen LogP contribution >= 0.6 is 0 Å². The van der Waals surface area contributed by atoms with Gasteiger partial charge in [0.1, 0.15) is 0 Å². The Morgan fingerprint density at radius 3 is 2.67 bits per heavy atom. The molecule has 0 bridgehead atoms. The third-order valence-electron chi connectivity index (χ3n) is 5.33. The van der Waals surface area contributed by atoms with Crippen molar-refractivity contribution in [1.82, 2.24) is 10.6 Å². The molecule has 3 atom stereocenters. The fourth-order valence-corrected chi connectivity index (χ4v) is 4.20. The molecule has 1 saturated heterocycles. The van der Waals surface area contributed by atoms with Gasteiger partial charge in [-0.25, -0.2) is 0 Å². The van der Waals surface area contributed by atoms with Crippen molar-refractivity contribution in [3.05, 3.63) is 35.9 Å². The normalized spacial score (nSPS) is 29.6. The highest BCUT2D eigenvalue weighted by atomic mass is 15.0. The maximum absolute atomic E-state index is 3.88. The summed E-state index contributed by atoms with van der Waals surface area (Å²) >= 11 is 0. The van der Waals surface area contributed by atoms with Gasteiger partial charge in [-0.2, -0.15) is 0 Å². The fraction of sp³-hybridized carbons (Fsp3) is 0.684. The van der Waals surface area contributed by atoms with Crippen LogP contribution in [0.15, 0.2) is 30.3 Å². The molecule has 1 aromatic rings. The molecule has 2 aliphatic rings. The minimum absolute atomic E-state index is 0.755. The van der Waals surface area contributed by atoms with Gasteiger partial charge < -0.3 is 10.6 Å². The molecule has 2 nitrogen and oxygen atoms in total. The number of rotatable bonds is 6. The van der Waals surface area contributed by atoms with Crippen LogP contribution in [0.2, 0.25) is 0 Å². The van der Waals surface area contributed by atoms with Crippen molar-refractivity contribution in [2.75, 3.05) is 13.1 Å². The van der Waals surface area contributed by atoms with E-state index in [9.17, 15) is 0 Å². The highest BCUT2D eigenvalue weighted by Gasteiger charge is 2.32. The van der Waals surface area contributed by atoms with Gasteiger partial charge in [-0.15, -0.1) is 0 Å². The summed E-state index contributed by atoms with van der Waals surface area (Å²) < 4.78 is 0. The molecule has 0 radical (unpaired) electrons. The first-order chi connectivity index (χ1) is 10.4. The summed E-state index contributed by atoms with van der Waals surface area (Å²) in [6, 6.07) is 12.4. The Morgan fingerprint density at radius 2 is 1.86 bits per heavy atom. The summed E-state index contributed by atoms with van der Waals surface area (Å²) in [5, 5.41) is 7.61. The van der Waals surface area contributed by atoms with Crippen molar-refractivity contribution in [3.8, 4) is 0 Å². The Kier molecular flexibility index (Phi) is 5.70. The summed E-state index contributed by atoms with van der Waals surface area (Å²) in [4.78, 5) is 0. The maximum Gasteiger partial charge on any atom is 0.0111 e. The van der Waals surface area contributed by atoms with E-state index >= 15 is 0 Å². The van der Waals surface area contributed by atoms with Crippen molar-refractivity contribution in [2.24, 2.45) is 5.92 Å². The van der Waals surface area contributed by atoms with E-state index in [1.54, 1.807) is 0 Å². The van der Waals surface area contributed by atoms with Gasteiger partial charge in [0, 0.05) is 12.1 Å². The first kappa shape index (κ1) is 15.1. The lowest BCUT2D eigenvalue weighted by Gasteiger charge is -2.36. The van der Waals surface area contributed by atoms with Crippen molar-refractivity contribution < 1.29 is 0 Å². The number of aryl methyl sites for hydroxylation is 1. The van der Waals surface area contributed by atoms with Gasteiger partial charge >= 0.3 is 0 Å². The van der Waals surface area contributed by atoms with Gasteiger partial charge in [-0.3, -0.25) is 0 Å². The highest BCUT2D eigenvalue weighted by Crippen LogP contribution is 2.30. The van der Waals surface area contributed by atoms with E-state index in [4.69, 9.17) is 0 Å². The molecule has 21 heavy (non-hydrogen) atoms. The third kappa shape index (κ3) is 4.31. The molecule has 1 saturated carbocycles. The fourth-order valence-electron chi connectivity index (χ4n) is 4.20. The van der Waals surface area contributed by atoms with Crippen LogP contribution < -0.4 is 10.6 Å². The molecule has 1 aliphatic carbocycles. The average Bonchev–Trinajstić information content (AvgIpc) is 3.07. The van der Waals surface area contributed by atoms with Crippen LogP contribution in [0.5, 0.6) is 0 Å². The zero-order valence-corrected chi connectivity index (χ0v) is 13.2. The SMILES string of the molecule is c1ccc(CCCNC2CCCCC2C2CCCN2)cc1. The second kappa shape index (κ2) is 7.95. The minimum atomic E-state index is 0.755. The zero-order valence-electron chi connectivity index (χ0n) is 13.2. The summed E-state index contributed by atoms with van der Waals surface area (Å²) in [7, 11) is 0. The third-order valence-corrected chi connectivity index (χ3v) is 5.33. The van der Waals surface area contributed by atoms with Gasteiger partial charge in [0.05, 0.1) is 0 Å². The minimum Gasteiger partial charge on any atom is -0.314 e. The quantitative estimate of drug-likeness (QED) is 0.782. The van der Waals surface area contributed by atoms with E-state index in [0.717, 1.165) is 18.0 Å². The van der Waals surface area contributed by atoms with Crippen molar-refractivity contribution in [1.29, 1.82) is 0 Å². The van der Waals surface area contributed by atoms with E-state index in [2.05, 4.69) is 41.0 Å². The van der Waals surface area contributed by atoms with Crippen LogP contribution in [0.3, 0.4) is 0 Å². The Balaban J connectivity index is 1.42. The number of benzene rings is 1. The molecule has 0 spiro atoms. The summed E-state index contributed by atoms with van der Waals surface area (Å²) in [6.07, 6.45) is 10.9. The maximum atomic E-state index is 3.88. The number of hydrogen-bond acceptors (Lipinski definition) is 2. The molecular weight excluding hydrogens is 256 g/mol. The molecule has 0 amide bonds. The Labute approximate surface area is 129 Å². The lowest BCUT2D eigenvalue weighted by Crippen LogP contribution is -2.47. The second-order valence-corrected chi connectivity index (χ2v) is 6.80. The van der Waals surface area contributed by atoms with Crippen LogP contribution in [0.25, 0.3) is 0 Å². The summed E-state index contributed by atoms with van der Waals surface area (Å²) in [5.41, 5.74) is 1.47. The predicted molar refractivity (Wildman–Crippen MR) is 89.5 cm³/mol. The second-order valence-electron chi connectivity index (χ2n) is 6.80. The monoisotopic (exact) mass is 286 g/mol. The van der Waals surface area contributed by atoms with Crippen LogP contribution in [0.1, 0.15) is 50.5 Å². The molecule has 3 unspecified atom stereocenters. The van der Waals surface area contributed by atoms with Crippen molar-refractivity contribution in [2.45, 2.75) is 63.5 Å². The topological polar surface area (TPSA) is 24.1 Å². The van der Waals surface area contributed by atoms with E-state index < -0.39 is 0 Å². The molecule has 1 aliphatic heterocycles. The molecule has 2 N–H and O–H groups in total. The Bertz CT molecular complexity index is 397. The lowest BCUT2D eigenvalue weighted by molar-refractivity contribution is 0.215. The molecule has 2 fully saturated rings. The summed E-state index contributed by atoms with van der Waals surface area (Å²) in [6.45, 7) is 2.41. The first-order valence-electron chi connectivity index (χ1n) is 8.94. The van der Waals surface area contributed by atoms with E-state index in [0.29, 0.717) is 0 Å². The molecule has 3 rings (SSSR count). The first-order valence-corrected chi connectivity index (χ1v) is 8.94. The van der Waals surface area contributed by atoms with E-state index in [1.807, 2.05) is 0 Å². The Hall–Kier alpha value is -0.860. The largest absolute Gasteiger partial charge is 0.314 e. The lowest BCUT2D eigenvalue weighted by atomic mass is 9.79. The molecule has 1 heterocycles. The van der Waals surface area contributed by atoms with Crippen LogP contribution in [0, 0.1) is 5.92 Å². The molecule has 2 heteroatoms. The van der Waals surface area contributed by atoms with Gasteiger partial charge in [0.25, 0.3) is 0 Å². The van der Waals surface area contributed by atoms with Crippen molar-refractivity contribution in [3.63, 3.8) is 0 Å². The van der Waals surface area contributed by atoms with E-state index in [-0.39, 0.29) is 0 Å². The smallest absolute Gasteiger partial charge is 0.0111 e. The molecular formula is C19H30N2. The van der Waals surface area contributed by atoms with Gasteiger partial charge in [-0.05, 0) is 63.1 Å².